The molecular weight excluding hydrogens is 254 g/mol. The van der Waals surface area contributed by atoms with E-state index in [4.69, 9.17) is 9.47 Å². The summed E-state index contributed by atoms with van der Waals surface area (Å²) in [5.41, 5.74) is 0.744. The van der Waals surface area contributed by atoms with Gasteiger partial charge in [-0.3, -0.25) is 9.69 Å². The Balaban J connectivity index is 1.86. The van der Waals surface area contributed by atoms with E-state index in [2.05, 4.69) is 18.7 Å². The van der Waals surface area contributed by atoms with Crippen LogP contribution < -0.4 is 4.74 Å². The minimum absolute atomic E-state index is 0.155. The number of benzene rings is 1. The minimum atomic E-state index is 0.155. The largest absolute Gasteiger partial charge is 0.493 e. The molecule has 20 heavy (non-hydrogen) atoms. The average molecular weight is 277 g/mol. The zero-order chi connectivity index (χ0) is 14.4. The van der Waals surface area contributed by atoms with Crippen LogP contribution in [-0.2, 0) is 4.74 Å². The minimum Gasteiger partial charge on any atom is -0.493 e. The third-order valence-corrected chi connectivity index (χ3v) is 3.23. The molecule has 1 aliphatic rings. The fraction of sp³-hybridized carbons (Fsp3) is 0.562. The van der Waals surface area contributed by atoms with Crippen LogP contribution in [0.1, 0.15) is 24.2 Å². The van der Waals surface area contributed by atoms with Crippen molar-refractivity contribution in [3.63, 3.8) is 0 Å². The number of nitrogens with zero attached hydrogens (tertiary/aromatic N) is 1. The van der Waals surface area contributed by atoms with Gasteiger partial charge >= 0.3 is 0 Å². The fourth-order valence-corrected chi connectivity index (χ4v) is 2.05. The van der Waals surface area contributed by atoms with E-state index in [0.29, 0.717) is 19.1 Å². The van der Waals surface area contributed by atoms with Gasteiger partial charge in [0.15, 0.2) is 5.78 Å². The van der Waals surface area contributed by atoms with E-state index in [1.54, 1.807) is 0 Å². The van der Waals surface area contributed by atoms with Gasteiger partial charge in [-0.2, -0.15) is 0 Å². The third kappa shape index (κ3) is 4.62. The van der Waals surface area contributed by atoms with Crippen LogP contribution >= 0.6 is 0 Å². The maximum absolute atomic E-state index is 12.2. The molecule has 0 amide bonds. The molecular formula is C16H23NO3. The highest BCUT2D eigenvalue weighted by Crippen LogP contribution is 2.14. The van der Waals surface area contributed by atoms with Gasteiger partial charge in [0, 0.05) is 18.7 Å². The first-order chi connectivity index (χ1) is 9.65. The van der Waals surface area contributed by atoms with Crippen molar-refractivity contribution in [3.05, 3.63) is 29.8 Å². The first kappa shape index (κ1) is 15.0. The Kier molecular flexibility index (Phi) is 5.56. The van der Waals surface area contributed by atoms with Crippen LogP contribution in [0, 0.1) is 5.92 Å². The van der Waals surface area contributed by atoms with E-state index < -0.39 is 0 Å². The van der Waals surface area contributed by atoms with Crippen LogP contribution in [0.2, 0.25) is 0 Å². The zero-order valence-electron chi connectivity index (χ0n) is 12.3. The van der Waals surface area contributed by atoms with Crippen LogP contribution in [0.4, 0.5) is 0 Å². The number of Topliss-reactive ketones (excluding diaryl/α,β-unsaturated/α-hetero) is 1. The molecule has 1 fully saturated rings. The Morgan fingerprint density at radius 1 is 1.25 bits per heavy atom. The van der Waals surface area contributed by atoms with Crippen LogP contribution in [0.5, 0.6) is 5.75 Å². The molecule has 4 nitrogen and oxygen atoms in total. The molecule has 110 valence electrons. The SMILES string of the molecule is CC(C)COc1ccc(C(=O)CN2CCOCC2)cc1. The molecule has 0 spiro atoms. The Hall–Kier alpha value is -1.39. The Bertz CT molecular complexity index is 422. The van der Waals surface area contributed by atoms with E-state index in [-0.39, 0.29) is 5.78 Å². The molecule has 2 rings (SSSR count). The summed E-state index contributed by atoms with van der Waals surface area (Å²) in [5.74, 6) is 1.47. The Labute approximate surface area is 120 Å². The molecule has 1 aliphatic heterocycles. The summed E-state index contributed by atoms with van der Waals surface area (Å²) in [6, 6.07) is 7.43. The van der Waals surface area contributed by atoms with E-state index in [9.17, 15) is 4.79 Å². The van der Waals surface area contributed by atoms with Gasteiger partial charge in [-0.15, -0.1) is 0 Å². The molecule has 0 saturated carbocycles. The summed E-state index contributed by atoms with van der Waals surface area (Å²) in [6.45, 7) is 8.49. The lowest BCUT2D eigenvalue weighted by atomic mass is 10.1. The predicted octanol–water partition coefficient (Wildman–Crippen LogP) is 2.24. The lowest BCUT2D eigenvalue weighted by Gasteiger charge is -2.25. The highest BCUT2D eigenvalue weighted by atomic mass is 16.5. The lowest BCUT2D eigenvalue weighted by molar-refractivity contribution is 0.0371. The number of ketones is 1. The van der Waals surface area contributed by atoms with Gasteiger partial charge < -0.3 is 9.47 Å². The molecule has 0 unspecified atom stereocenters. The van der Waals surface area contributed by atoms with Crippen molar-refractivity contribution in [2.45, 2.75) is 13.8 Å². The van der Waals surface area contributed by atoms with Crippen LogP contribution in [0.15, 0.2) is 24.3 Å². The number of ether oxygens (including phenoxy) is 2. The summed E-state index contributed by atoms with van der Waals surface area (Å²) in [5, 5.41) is 0. The summed E-state index contributed by atoms with van der Waals surface area (Å²) in [4.78, 5) is 14.3. The summed E-state index contributed by atoms with van der Waals surface area (Å²) < 4.78 is 10.9. The van der Waals surface area contributed by atoms with Gasteiger partial charge in [0.25, 0.3) is 0 Å². The topological polar surface area (TPSA) is 38.8 Å². The zero-order valence-corrected chi connectivity index (χ0v) is 12.3. The number of morpholine rings is 1. The van der Waals surface area contributed by atoms with Crippen molar-refractivity contribution in [3.8, 4) is 5.75 Å². The van der Waals surface area contributed by atoms with Crippen molar-refractivity contribution in [2.75, 3.05) is 39.5 Å². The molecule has 1 heterocycles. The monoisotopic (exact) mass is 277 g/mol. The van der Waals surface area contributed by atoms with Crippen molar-refractivity contribution in [1.82, 2.24) is 4.90 Å². The summed E-state index contributed by atoms with van der Waals surface area (Å²) in [6.07, 6.45) is 0. The Morgan fingerprint density at radius 3 is 2.50 bits per heavy atom. The van der Waals surface area contributed by atoms with Crippen LogP contribution in [-0.4, -0.2) is 50.1 Å². The van der Waals surface area contributed by atoms with Crippen molar-refractivity contribution in [1.29, 1.82) is 0 Å². The number of hydrogen-bond acceptors (Lipinski definition) is 4. The van der Waals surface area contributed by atoms with Gasteiger partial charge in [-0.05, 0) is 30.2 Å². The van der Waals surface area contributed by atoms with E-state index in [1.807, 2.05) is 24.3 Å². The molecule has 4 heteroatoms. The number of hydrogen-bond donors (Lipinski definition) is 0. The normalized spacial score (nSPS) is 16.4. The average Bonchev–Trinajstić information content (AvgIpc) is 2.46. The molecule has 1 saturated heterocycles. The fourth-order valence-electron chi connectivity index (χ4n) is 2.05. The van der Waals surface area contributed by atoms with Gasteiger partial charge in [0.2, 0.25) is 0 Å². The van der Waals surface area contributed by atoms with Crippen molar-refractivity contribution >= 4 is 5.78 Å². The molecule has 1 aromatic carbocycles. The maximum Gasteiger partial charge on any atom is 0.176 e. The molecule has 0 aliphatic carbocycles. The lowest BCUT2D eigenvalue weighted by Crippen LogP contribution is -2.39. The third-order valence-electron chi connectivity index (χ3n) is 3.23. The first-order valence-electron chi connectivity index (χ1n) is 7.21. The molecule has 0 atom stereocenters. The second kappa shape index (κ2) is 7.41. The van der Waals surface area contributed by atoms with Crippen LogP contribution in [0.25, 0.3) is 0 Å². The van der Waals surface area contributed by atoms with Gasteiger partial charge in [-0.1, -0.05) is 13.8 Å². The number of rotatable bonds is 6. The quantitative estimate of drug-likeness (QED) is 0.748. The summed E-state index contributed by atoms with van der Waals surface area (Å²) >= 11 is 0. The van der Waals surface area contributed by atoms with Crippen molar-refractivity contribution in [2.24, 2.45) is 5.92 Å². The smallest absolute Gasteiger partial charge is 0.176 e. The molecule has 0 aromatic heterocycles. The standard InChI is InChI=1S/C16H23NO3/c1-13(2)12-20-15-5-3-14(4-6-15)16(18)11-17-7-9-19-10-8-17/h3-6,13H,7-12H2,1-2H3. The highest BCUT2D eigenvalue weighted by Gasteiger charge is 2.15. The summed E-state index contributed by atoms with van der Waals surface area (Å²) in [7, 11) is 0. The molecule has 1 aromatic rings. The molecule has 0 bridgehead atoms. The number of carbonyl (C=O) groups is 1. The van der Waals surface area contributed by atoms with E-state index >= 15 is 0 Å². The molecule has 0 N–H and O–H groups in total. The molecule has 0 radical (unpaired) electrons. The van der Waals surface area contributed by atoms with Crippen LogP contribution in [0.3, 0.4) is 0 Å². The van der Waals surface area contributed by atoms with Crippen molar-refractivity contribution < 1.29 is 14.3 Å². The second-order valence-corrected chi connectivity index (χ2v) is 5.54. The second-order valence-electron chi connectivity index (χ2n) is 5.54. The number of carbonyl (C=O) groups excluding carboxylic acids is 1. The Morgan fingerprint density at radius 2 is 1.90 bits per heavy atom. The van der Waals surface area contributed by atoms with E-state index in [1.165, 1.54) is 0 Å². The first-order valence-corrected chi connectivity index (χ1v) is 7.21. The maximum atomic E-state index is 12.2. The van der Waals surface area contributed by atoms with Gasteiger partial charge in [-0.25, -0.2) is 0 Å². The highest BCUT2D eigenvalue weighted by molar-refractivity contribution is 5.97. The predicted molar refractivity (Wildman–Crippen MR) is 78.4 cm³/mol. The van der Waals surface area contributed by atoms with Gasteiger partial charge in [0.05, 0.1) is 26.4 Å². The van der Waals surface area contributed by atoms with E-state index in [0.717, 1.165) is 37.6 Å². The van der Waals surface area contributed by atoms with Gasteiger partial charge in [0.1, 0.15) is 5.75 Å².